The van der Waals surface area contributed by atoms with Crippen LogP contribution in [0.1, 0.15) is 39.2 Å². The standard InChI is InChI=1S/C25H28ClN3O6S/c1-25(2,3)17-10-12-20(13-11-17)36(31,32)29-22-21(35-19-9-7-8-18(16-19)33-4)23(28-24(26)27-22)34-15-6-5-14-30/h7-14,16H,5-6,15H2,1-4H3,(H,27,28,29). The van der Waals surface area contributed by atoms with Crippen LogP contribution in [0.15, 0.2) is 53.4 Å². The molecule has 0 amide bonds. The first-order chi connectivity index (χ1) is 17.0. The third kappa shape index (κ3) is 7.08. The van der Waals surface area contributed by atoms with Crippen molar-refractivity contribution in [2.45, 2.75) is 43.9 Å². The first-order valence-electron chi connectivity index (χ1n) is 11.1. The van der Waals surface area contributed by atoms with Gasteiger partial charge in [0.05, 0.1) is 18.6 Å². The van der Waals surface area contributed by atoms with Crippen molar-refractivity contribution in [2.75, 3.05) is 18.4 Å². The summed E-state index contributed by atoms with van der Waals surface area (Å²) in [7, 11) is -2.56. The summed E-state index contributed by atoms with van der Waals surface area (Å²) in [5.41, 5.74) is 0.851. The molecule has 0 atom stereocenters. The number of carbonyl (C=O) groups is 1. The fraction of sp³-hybridized carbons (Fsp3) is 0.320. The number of halogens is 1. The van der Waals surface area contributed by atoms with E-state index in [9.17, 15) is 13.2 Å². The highest BCUT2D eigenvalue weighted by molar-refractivity contribution is 7.92. The van der Waals surface area contributed by atoms with Gasteiger partial charge in [-0.2, -0.15) is 9.97 Å². The van der Waals surface area contributed by atoms with Crippen molar-refractivity contribution >= 4 is 33.7 Å². The van der Waals surface area contributed by atoms with E-state index in [4.69, 9.17) is 25.8 Å². The highest BCUT2D eigenvalue weighted by atomic mass is 35.5. The van der Waals surface area contributed by atoms with Crippen molar-refractivity contribution in [1.82, 2.24) is 9.97 Å². The minimum Gasteiger partial charge on any atom is -0.497 e. The minimum absolute atomic E-state index is 0.0333. The first kappa shape index (κ1) is 27.2. The number of aromatic nitrogens is 2. The number of aldehydes is 1. The number of rotatable bonds is 11. The summed E-state index contributed by atoms with van der Waals surface area (Å²) in [4.78, 5) is 18.8. The normalized spacial score (nSPS) is 11.6. The Bertz CT molecular complexity index is 1310. The van der Waals surface area contributed by atoms with Crippen molar-refractivity contribution in [3.05, 3.63) is 59.4 Å². The molecular weight excluding hydrogens is 506 g/mol. The smallest absolute Gasteiger partial charge is 0.264 e. The van der Waals surface area contributed by atoms with Gasteiger partial charge in [0.25, 0.3) is 15.9 Å². The van der Waals surface area contributed by atoms with Crippen molar-refractivity contribution < 1.29 is 27.4 Å². The number of nitrogens with zero attached hydrogens (tertiary/aromatic N) is 2. The Kier molecular flexibility index (Phi) is 8.75. The number of anilines is 1. The lowest BCUT2D eigenvalue weighted by Crippen LogP contribution is -2.17. The van der Waals surface area contributed by atoms with Gasteiger partial charge in [0.15, 0.2) is 5.82 Å². The molecule has 36 heavy (non-hydrogen) atoms. The molecule has 3 rings (SSSR count). The van der Waals surface area contributed by atoms with E-state index in [1.54, 1.807) is 36.4 Å². The zero-order valence-corrected chi connectivity index (χ0v) is 22.0. The molecule has 11 heteroatoms. The van der Waals surface area contributed by atoms with Gasteiger partial charge in [-0.1, -0.05) is 39.0 Å². The highest BCUT2D eigenvalue weighted by Gasteiger charge is 2.24. The molecule has 0 aliphatic rings. The average molecular weight is 534 g/mol. The molecule has 2 aromatic carbocycles. The lowest BCUT2D eigenvalue weighted by molar-refractivity contribution is -0.108. The van der Waals surface area contributed by atoms with E-state index < -0.39 is 10.0 Å². The molecule has 9 nitrogen and oxygen atoms in total. The Hall–Kier alpha value is -3.37. The number of carbonyl (C=O) groups excluding carboxylic acids is 1. The molecule has 0 unspecified atom stereocenters. The van der Waals surface area contributed by atoms with Crippen LogP contribution in [-0.2, 0) is 20.2 Å². The topological polar surface area (TPSA) is 117 Å². The SMILES string of the molecule is COc1cccc(Oc2c(NS(=O)(=O)c3ccc(C(C)(C)C)cc3)nc(Cl)nc2OCCCC=O)c1. The van der Waals surface area contributed by atoms with Gasteiger partial charge in [-0.15, -0.1) is 0 Å². The number of hydrogen-bond donors (Lipinski definition) is 1. The van der Waals surface area contributed by atoms with Crippen molar-refractivity contribution in [3.63, 3.8) is 0 Å². The molecular formula is C25H28ClN3O6S. The number of ether oxygens (including phenoxy) is 3. The average Bonchev–Trinajstić information content (AvgIpc) is 2.83. The number of nitrogens with one attached hydrogen (secondary N) is 1. The number of sulfonamides is 1. The number of benzene rings is 2. The third-order valence-corrected chi connectivity index (χ3v) is 6.56. The maximum absolute atomic E-state index is 13.2. The summed E-state index contributed by atoms with van der Waals surface area (Å²) in [5, 5.41) is -0.251. The Morgan fingerprint density at radius 2 is 1.75 bits per heavy atom. The monoisotopic (exact) mass is 533 g/mol. The fourth-order valence-electron chi connectivity index (χ4n) is 3.10. The minimum atomic E-state index is -4.07. The van der Waals surface area contributed by atoms with E-state index in [-0.39, 0.29) is 46.1 Å². The van der Waals surface area contributed by atoms with Gasteiger partial charge in [0.2, 0.25) is 11.0 Å². The molecule has 1 N–H and O–H groups in total. The molecule has 192 valence electrons. The summed E-state index contributed by atoms with van der Waals surface area (Å²) in [6.45, 7) is 6.24. The van der Waals surface area contributed by atoms with Crippen LogP contribution in [0.25, 0.3) is 0 Å². The zero-order valence-electron chi connectivity index (χ0n) is 20.4. The fourth-order valence-corrected chi connectivity index (χ4v) is 4.27. The van der Waals surface area contributed by atoms with Crippen molar-refractivity contribution in [1.29, 1.82) is 0 Å². The Labute approximate surface area is 215 Å². The summed E-state index contributed by atoms with van der Waals surface area (Å²) in [5.74, 6) is 0.478. The molecule has 1 aromatic heterocycles. The molecule has 1 heterocycles. The van der Waals surface area contributed by atoms with Gasteiger partial charge in [0, 0.05) is 12.5 Å². The summed E-state index contributed by atoms with van der Waals surface area (Å²) in [6, 6.07) is 13.2. The van der Waals surface area contributed by atoms with Crippen LogP contribution < -0.4 is 18.9 Å². The van der Waals surface area contributed by atoms with Crippen LogP contribution in [0.2, 0.25) is 5.28 Å². The van der Waals surface area contributed by atoms with Gasteiger partial charge in [0.1, 0.15) is 17.8 Å². The van der Waals surface area contributed by atoms with Gasteiger partial charge in [-0.05, 0) is 53.3 Å². The van der Waals surface area contributed by atoms with Crippen LogP contribution in [-0.4, -0.2) is 38.4 Å². The molecule has 0 saturated heterocycles. The molecule has 0 fully saturated rings. The molecule has 0 spiro atoms. The number of methoxy groups -OCH3 is 1. The molecule has 3 aromatic rings. The van der Waals surface area contributed by atoms with Crippen LogP contribution in [0, 0.1) is 0 Å². The Morgan fingerprint density at radius 3 is 2.39 bits per heavy atom. The van der Waals surface area contributed by atoms with Crippen LogP contribution >= 0.6 is 11.6 Å². The summed E-state index contributed by atoms with van der Waals surface area (Å²) >= 11 is 6.09. The van der Waals surface area contributed by atoms with E-state index in [0.29, 0.717) is 17.9 Å². The van der Waals surface area contributed by atoms with Crippen LogP contribution in [0.4, 0.5) is 5.82 Å². The lowest BCUT2D eigenvalue weighted by atomic mass is 9.87. The number of unbranched alkanes of at least 4 members (excludes halogenated alkanes) is 1. The largest absolute Gasteiger partial charge is 0.497 e. The van der Waals surface area contributed by atoms with Gasteiger partial charge in [-0.3, -0.25) is 4.72 Å². The maximum Gasteiger partial charge on any atom is 0.264 e. The summed E-state index contributed by atoms with van der Waals surface area (Å²) in [6.07, 6.45) is 1.48. The van der Waals surface area contributed by atoms with E-state index in [1.807, 2.05) is 20.8 Å². The van der Waals surface area contributed by atoms with Crippen molar-refractivity contribution in [3.8, 4) is 23.1 Å². The molecule has 0 bridgehead atoms. The van der Waals surface area contributed by atoms with Gasteiger partial charge >= 0.3 is 0 Å². The predicted molar refractivity (Wildman–Crippen MR) is 137 cm³/mol. The summed E-state index contributed by atoms with van der Waals surface area (Å²) < 4.78 is 45.7. The second kappa shape index (κ2) is 11.6. The third-order valence-electron chi connectivity index (χ3n) is 5.04. The van der Waals surface area contributed by atoms with Crippen LogP contribution in [0.5, 0.6) is 23.1 Å². The molecule has 0 aliphatic heterocycles. The zero-order chi connectivity index (χ0) is 26.3. The Balaban J connectivity index is 2.00. The van der Waals surface area contributed by atoms with Crippen molar-refractivity contribution in [2.24, 2.45) is 0 Å². The van der Waals surface area contributed by atoms with Crippen LogP contribution in [0.3, 0.4) is 0 Å². The second-order valence-electron chi connectivity index (χ2n) is 8.79. The van der Waals surface area contributed by atoms with Gasteiger partial charge in [-0.25, -0.2) is 8.42 Å². The molecule has 0 saturated carbocycles. The molecule has 0 radical (unpaired) electrons. The predicted octanol–water partition coefficient (Wildman–Crippen LogP) is 5.39. The lowest BCUT2D eigenvalue weighted by Gasteiger charge is -2.19. The van der Waals surface area contributed by atoms with Gasteiger partial charge < -0.3 is 19.0 Å². The Morgan fingerprint density at radius 1 is 1.06 bits per heavy atom. The second-order valence-corrected chi connectivity index (χ2v) is 10.8. The number of hydrogen-bond acceptors (Lipinski definition) is 8. The first-order valence-corrected chi connectivity index (χ1v) is 13.0. The van der Waals surface area contributed by atoms with E-state index in [0.717, 1.165) is 11.8 Å². The van der Waals surface area contributed by atoms with E-state index in [2.05, 4.69) is 14.7 Å². The van der Waals surface area contributed by atoms with E-state index in [1.165, 1.54) is 19.2 Å². The van der Waals surface area contributed by atoms with E-state index >= 15 is 0 Å². The highest BCUT2D eigenvalue weighted by Crippen LogP contribution is 2.39. The maximum atomic E-state index is 13.2. The molecule has 0 aliphatic carbocycles. The quantitative estimate of drug-likeness (QED) is 0.198.